The van der Waals surface area contributed by atoms with Crippen molar-refractivity contribution in [3.63, 3.8) is 0 Å². The van der Waals surface area contributed by atoms with Crippen LogP contribution in [0.25, 0.3) is 0 Å². The second kappa shape index (κ2) is 8.42. The first-order valence-electron chi connectivity index (χ1n) is 7.28. The molecule has 1 aromatic rings. The standard InChI is InChI=1S/C16H25N3O2/c1-11(2)15(13-8-6-5-7-9-13)17-10-14(20)19-16(21)18-12(3)4/h5-9,11-12,15,17H,10H2,1-4H3,(H2,18,19,20,21)/t15-/m0/s1. The van der Waals surface area contributed by atoms with Gasteiger partial charge in [0.05, 0.1) is 6.54 Å². The summed E-state index contributed by atoms with van der Waals surface area (Å²) in [6.45, 7) is 7.96. The van der Waals surface area contributed by atoms with Crippen LogP contribution in [0, 0.1) is 5.92 Å². The topological polar surface area (TPSA) is 70.2 Å². The lowest BCUT2D eigenvalue weighted by Gasteiger charge is -2.22. The van der Waals surface area contributed by atoms with Crippen molar-refractivity contribution in [1.82, 2.24) is 16.0 Å². The Bertz CT molecular complexity index is 458. The van der Waals surface area contributed by atoms with Gasteiger partial charge in [-0.05, 0) is 25.3 Å². The number of benzene rings is 1. The normalized spacial score (nSPS) is 12.3. The lowest BCUT2D eigenvalue weighted by molar-refractivity contribution is -0.119. The molecule has 0 aliphatic heterocycles. The first-order valence-corrected chi connectivity index (χ1v) is 7.28. The van der Waals surface area contributed by atoms with Crippen LogP contribution < -0.4 is 16.0 Å². The maximum absolute atomic E-state index is 11.8. The van der Waals surface area contributed by atoms with Crippen molar-refractivity contribution >= 4 is 11.9 Å². The first kappa shape index (κ1) is 17.2. The van der Waals surface area contributed by atoms with E-state index in [2.05, 4.69) is 29.8 Å². The van der Waals surface area contributed by atoms with E-state index in [1.54, 1.807) is 0 Å². The Hall–Kier alpha value is -1.88. The van der Waals surface area contributed by atoms with Crippen molar-refractivity contribution in [1.29, 1.82) is 0 Å². The number of urea groups is 1. The van der Waals surface area contributed by atoms with Crippen molar-refractivity contribution in [2.24, 2.45) is 5.92 Å². The highest BCUT2D eigenvalue weighted by molar-refractivity contribution is 5.95. The molecule has 0 fully saturated rings. The highest BCUT2D eigenvalue weighted by Crippen LogP contribution is 2.20. The molecule has 0 aliphatic rings. The molecule has 5 nitrogen and oxygen atoms in total. The van der Waals surface area contributed by atoms with Gasteiger partial charge >= 0.3 is 6.03 Å². The van der Waals surface area contributed by atoms with E-state index in [9.17, 15) is 9.59 Å². The summed E-state index contributed by atoms with van der Waals surface area (Å²) in [5, 5.41) is 8.12. The van der Waals surface area contributed by atoms with Crippen LogP contribution in [-0.4, -0.2) is 24.5 Å². The summed E-state index contributed by atoms with van der Waals surface area (Å²) in [6, 6.07) is 9.58. The molecule has 0 spiro atoms. The fourth-order valence-corrected chi connectivity index (χ4v) is 2.07. The van der Waals surface area contributed by atoms with Gasteiger partial charge in [0.15, 0.2) is 0 Å². The molecule has 0 saturated heterocycles. The Morgan fingerprint density at radius 3 is 2.19 bits per heavy atom. The molecule has 3 N–H and O–H groups in total. The maximum atomic E-state index is 11.8. The third-order valence-electron chi connectivity index (χ3n) is 2.98. The molecular weight excluding hydrogens is 266 g/mol. The molecule has 0 radical (unpaired) electrons. The first-order chi connectivity index (χ1) is 9.90. The average molecular weight is 291 g/mol. The molecule has 1 atom stereocenters. The van der Waals surface area contributed by atoms with Gasteiger partial charge in [0.25, 0.3) is 0 Å². The molecular formula is C16H25N3O2. The van der Waals surface area contributed by atoms with Gasteiger partial charge in [0, 0.05) is 12.1 Å². The quantitative estimate of drug-likeness (QED) is 0.752. The number of carbonyl (C=O) groups excluding carboxylic acids is 2. The van der Waals surface area contributed by atoms with Gasteiger partial charge in [-0.2, -0.15) is 0 Å². The van der Waals surface area contributed by atoms with E-state index < -0.39 is 6.03 Å². The molecule has 3 amide bonds. The number of hydrogen-bond donors (Lipinski definition) is 3. The van der Waals surface area contributed by atoms with Gasteiger partial charge < -0.3 is 10.6 Å². The van der Waals surface area contributed by atoms with E-state index in [0.29, 0.717) is 5.92 Å². The Morgan fingerprint density at radius 1 is 1.05 bits per heavy atom. The Labute approximate surface area is 126 Å². The van der Waals surface area contributed by atoms with Gasteiger partial charge in [-0.1, -0.05) is 44.2 Å². The zero-order chi connectivity index (χ0) is 15.8. The fraction of sp³-hybridized carbons (Fsp3) is 0.500. The van der Waals surface area contributed by atoms with Crippen LogP contribution in [0.15, 0.2) is 30.3 Å². The average Bonchev–Trinajstić information content (AvgIpc) is 2.38. The number of rotatable bonds is 6. The molecule has 0 aliphatic carbocycles. The molecule has 0 heterocycles. The van der Waals surface area contributed by atoms with E-state index in [0.717, 1.165) is 5.56 Å². The minimum Gasteiger partial charge on any atom is -0.336 e. The van der Waals surface area contributed by atoms with Crippen molar-refractivity contribution < 1.29 is 9.59 Å². The summed E-state index contributed by atoms with van der Waals surface area (Å²) >= 11 is 0. The molecule has 21 heavy (non-hydrogen) atoms. The van der Waals surface area contributed by atoms with Crippen LogP contribution in [0.4, 0.5) is 4.79 Å². The van der Waals surface area contributed by atoms with Gasteiger partial charge in [-0.3, -0.25) is 10.1 Å². The van der Waals surface area contributed by atoms with Crippen LogP contribution in [0.2, 0.25) is 0 Å². The largest absolute Gasteiger partial charge is 0.336 e. The second-order valence-electron chi connectivity index (χ2n) is 5.69. The lowest BCUT2D eigenvalue weighted by atomic mass is 9.96. The maximum Gasteiger partial charge on any atom is 0.321 e. The predicted octanol–water partition coefficient (Wildman–Crippen LogP) is 2.21. The van der Waals surface area contributed by atoms with Crippen LogP contribution >= 0.6 is 0 Å². The van der Waals surface area contributed by atoms with E-state index >= 15 is 0 Å². The third-order valence-corrected chi connectivity index (χ3v) is 2.98. The Morgan fingerprint density at radius 2 is 1.67 bits per heavy atom. The van der Waals surface area contributed by atoms with E-state index in [4.69, 9.17) is 0 Å². The van der Waals surface area contributed by atoms with Gasteiger partial charge in [0.2, 0.25) is 5.91 Å². The summed E-state index contributed by atoms with van der Waals surface area (Å²) in [6.07, 6.45) is 0. The highest BCUT2D eigenvalue weighted by Gasteiger charge is 2.17. The van der Waals surface area contributed by atoms with Crippen molar-refractivity contribution in [3.05, 3.63) is 35.9 Å². The monoisotopic (exact) mass is 291 g/mol. The molecule has 116 valence electrons. The summed E-state index contributed by atoms with van der Waals surface area (Å²) in [4.78, 5) is 23.2. The summed E-state index contributed by atoms with van der Waals surface area (Å²) in [5.74, 6) is -0.000535. The number of hydrogen-bond acceptors (Lipinski definition) is 3. The predicted molar refractivity (Wildman–Crippen MR) is 83.8 cm³/mol. The molecule has 1 rings (SSSR count). The molecule has 0 aromatic heterocycles. The molecule has 5 heteroatoms. The Kier molecular flexibility index (Phi) is 6.88. The second-order valence-corrected chi connectivity index (χ2v) is 5.69. The van der Waals surface area contributed by atoms with Crippen LogP contribution in [0.3, 0.4) is 0 Å². The molecule has 0 saturated carbocycles. The lowest BCUT2D eigenvalue weighted by Crippen LogP contribution is -2.46. The summed E-state index contributed by atoms with van der Waals surface area (Å²) < 4.78 is 0. The van der Waals surface area contributed by atoms with E-state index in [1.807, 2.05) is 44.2 Å². The molecule has 0 bridgehead atoms. The van der Waals surface area contributed by atoms with Crippen molar-refractivity contribution in [2.45, 2.75) is 39.8 Å². The molecule has 1 aromatic carbocycles. The Balaban J connectivity index is 2.51. The van der Waals surface area contributed by atoms with Crippen molar-refractivity contribution in [3.8, 4) is 0 Å². The van der Waals surface area contributed by atoms with Gasteiger partial charge in [-0.15, -0.1) is 0 Å². The van der Waals surface area contributed by atoms with E-state index in [1.165, 1.54) is 0 Å². The third kappa shape index (κ3) is 6.40. The number of amides is 3. The highest BCUT2D eigenvalue weighted by atomic mass is 16.2. The summed E-state index contributed by atoms with van der Waals surface area (Å²) in [7, 11) is 0. The zero-order valence-corrected chi connectivity index (χ0v) is 13.1. The SMILES string of the molecule is CC(C)NC(=O)NC(=O)CN[C@H](c1ccccc1)C(C)C. The smallest absolute Gasteiger partial charge is 0.321 e. The van der Waals surface area contributed by atoms with Crippen LogP contribution in [0.1, 0.15) is 39.3 Å². The fourth-order valence-electron chi connectivity index (χ4n) is 2.07. The summed E-state index contributed by atoms with van der Waals surface area (Å²) in [5.41, 5.74) is 1.13. The van der Waals surface area contributed by atoms with E-state index in [-0.39, 0.29) is 24.5 Å². The molecule has 0 unspecified atom stereocenters. The number of carbonyl (C=O) groups is 2. The van der Waals surface area contributed by atoms with Crippen molar-refractivity contribution in [2.75, 3.05) is 6.54 Å². The number of nitrogens with one attached hydrogen (secondary N) is 3. The van der Waals surface area contributed by atoms with Gasteiger partial charge in [0.1, 0.15) is 0 Å². The van der Waals surface area contributed by atoms with Gasteiger partial charge in [-0.25, -0.2) is 4.79 Å². The number of imide groups is 1. The minimum atomic E-state index is -0.461. The van der Waals surface area contributed by atoms with Crippen LogP contribution in [0.5, 0.6) is 0 Å². The zero-order valence-electron chi connectivity index (χ0n) is 13.1. The van der Waals surface area contributed by atoms with Crippen LogP contribution in [-0.2, 0) is 4.79 Å². The minimum absolute atomic E-state index is 0.00140.